The van der Waals surface area contributed by atoms with E-state index in [0.29, 0.717) is 25.4 Å². The van der Waals surface area contributed by atoms with Crippen LogP contribution >= 0.6 is 0 Å². The van der Waals surface area contributed by atoms with Crippen LogP contribution in [0.15, 0.2) is 0 Å². The van der Waals surface area contributed by atoms with Gasteiger partial charge in [0, 0.05) is 13.1 Å². The fourth-order valence-electron chi connectivity index (χ4n) is 3.03. The Kier molecular flexibility index (Phi) is 3.22. The Bertz CT molecular complexity index is 282. The van der Waals surface area contributed by atoms with Crippen LogP contribution in [0.5, 0.6) is 0 Å². The molecule has 1 saturated carbocycles. The number of hydrogen-bond donors (Lipinski definition) is 2. The maximum absolute atomic E-state index is 12.3. The normalized spacial score (nSPS) is 40.1. The van der Waals surface area contributed by atoms with Crippen molar-refractivity contribution in [3.8, 4) is 0 Å². The average Bonchev–Trinajstić information content (AvgIpc) is 2.63. The molecule has 2 aliphatic rings. The summed E-state index contributed by atoms with van der Waals surface area (Å²) in [5, 5.41) is 9.45. The molecule has 1 saturated heterocycles. The molecule has 2 rings (SSSR count). The van der Waals surface area contributed by atoms with Gasteiger partial charge in [0.15, 0.2) is 0 Å². The van der Waals surface area contributed by atoms with Gasteiger partial charge in [-0.2, -0.15) is 0 Å². The summed E-state index contributed by atoms with van der Waals surface area (Å²) in [5.41, 5.74) is 5.58. The highest BCUT2D eigenvalue weighted by Crippen LogP contribution is 2.32. The van der Waals surface area contributed by atoms with E-state index in [1.165, 1.54) is 6.42 Å². The van der Waals surface area contributed by atoms with E-state index in [9.17, 15) is 9.90 Å². The molecule has 0 radical (unpaired) electrons. The molecule has 0 aromatic heterocycles. The van der Waals surface area contributed by atoms with Crippen molar-refractivity contribution in [3.63, 3.8) is 0 Å². The van der Waals surface area contributed by atoms with Crippen molar-refractivity contribution in [2.75, 3.05) is 13.1 Å². The van der Waals surface area contributed by atoms with E-state index in [1.54, 1.807) is 4.90 Å². The van der Waals surface area contributed by atoms with E-state index in [0.717, 1.165) is 19.3 Å². The number of carbonyl (C=O) groups excluding carboxylic acids is 1. The number of carbonyl (C=O) groups is 1. The number of hydrogen-bond acceptors (Lipinski definition) is 3. The van der Waals surface area contributed by atoms with E-state index in [2.05, 4.69) is 6.92 Å². The van der Waals surface area contributed by atoms with Crippen LogP contribution in [0.3, 0.4) is 0 Å². The van der Waals surface area contributed by atoms with Gasteiger partial charge in [-0.25, -0.2) is 0 Å². The number of amides is 1. The minimum absolute atomic E-state index is 0.0515. The Morgan fingerprint density at radius 2 is 2.25 bits per heavy atom. The van der Waals surface area contributed by atoms with E-state index < -0.39 is 5.54 Å². The zero-order chi connectivity index (χ0) is 11.8. The summed E-state index contributed by atoms with van der Waals surface area (Å²) in [6.07, 6.45) is 4.14. The standard InChI is InChI=1S/C12H22N2O2/c1-9-3-2-5-12(13,7-9)11(16)14-6-4-10(15)8-14/h9-10,15H,2-8,13H2,1H3/t9?,10-,12?/m1/s1. The van der Waals surface area contributed by atoms with Crippen molar-refractivity contribution in [1.29, 1.82) is 0 Å². The first-order valence-corrected chi connectivity index (χ1v) is 6.27. The van der Waals surface area contributed by atoms with Gasteiger partial charge >= 0.3 is 0 Å². The number of rotatable bonds is 1. The van der Waals surface area contributed by atoms with Crippen LogP contribution in [0.4, 0.5) is 0 Å². The van der Waals surface area contributed by atoms with E-state index >= 15 is 0 Å². The van der Waals surface area contributed by atoms with Gasteiger partial charge in [-0.3, -0.25) is 4.79 Å². The van der Waals surface area contributed by atoms with Gasteiger partial charge < -0.3 is 15.7 Å². The zero-order valence-corrected chi connectivity index (χ0v) is 9.98. The molecule has 1 heterocycles. The molecule has 3 atom stereocenters. The second kappa shape index (κ2) is 4.34. The van der Waals surface area contributed by atoms with Gasteiger partial charge in [0.05, 0.1) is 11.6 Å². The van der Waals surface area contributed by atoms with Gasteiger partial charge in [0.25, 0.3) is 0 Å². The number of nitrogens with two attached hydrogens (primary N) is 1. The molecule has 1 amide bonds. The summed E-state index contributed by atoms with van der Waals surface area (Å²) in [4.78, 5) is 14.0. The molecule has 3 N–H and O–H groups in total. The van der Waals surface area contributed by atoms with Crippen LogP contribution in [0, 0.1) is 5.92 Å². The molecule has 0 bridgehead atoms. The molecule has 2 fully saturated rings. The third-order valence-corrected chi connectivity index (χ3v) is 3.91. The summed E-state index contributed by atoms with van der Waals surface area (Å²) < 4.78 is 0. The second-order valence-electron chi connectivity index (χ2n) is 5.55. The Morgan fingerprint density at radius 3 is 2.81 bits per heavy atom. The highest BCUT2D eigenvalue weighted by molar-refractivity contribution is 5.86. The van der Waals surface area contributed by atoms with Gasteiger partial charge in [-0.05, 0) is 25.2 Å². The van der Waals surface area contributed by atoms with Crippen molar-refractivity contribution in [2.24, 2.45) is 11.7 Å². The van der Waals surface area contributed by atoms with Gasteiger partial charge in [0.2, 0.25) is 5.91 Å². The van der Waals surface area contributed by atoms with Crippen LogP contribution in [-0.4, -0.2) is 40.6 Å². The third-order valence-electron chi connectivity index (χ3n) is 3.91. The fourth-order valence-corrected chi connectivity index (χ4v) is 3.03. The minimum Gasteiger partial charge on any atom is -0.391 e. The lowest BCUT2D eigenvalue weighted by atomic mass is 9.76. The van der Waals surface area contributed by atoms with Crippen LogP contribution in [0.25, 0.3) is 0 Å². The Morgan fingerprint density at radius 1 is 1.50 bits per heavy atom. The largest absolute Gasteiger partial charge is 0.391 e. The highest BCUT2D eigenvalue weighted by atomic mass is 16.3. The first-order valence-electron chi connectivity index (χ1n) is 6.27. The molecule has 0 spiro atoms. The lowest BCUT2D eigenvalue weighted by Crippen LogP contribution is -2.57. The van der Waals surface area contributed by atoms with Crippen LogP contribution in [-0.2, 0) is 4.79 Å². The van der Waals surface area contributed by atoms with Crippen molar-refractivity contribution in [2.45, 2.75) is 50.7 Å². The summed E-state index contributed by atoms with van der Waals surface area (Å²) in [6, 6.07) is 0. The summed E-state index contributed by atoms with van der Waals surface area (Å²) in [5.74, 6) is 0.589. The predicted octanol–water partition coefficient (Wildman–Crippen LogP) is 0.487. The molecular formula is C12H22N2O2. The molecule has 2 unspecified atom stereocenters. The van der Waals surface area contributed by atoms with E-state index in [1.807, 2.05) is 0 Å². The average molecular weight is 226 g/mol. The van der Waals surface area contributed by atoms with Crippen molar-refractivity contribution >= 4 is 5.91 Å². The first kappa shape index (κ1) is 11.9. The predicted molar refractivity (Wildman–Crippen MR) is 61.8 cm³/mol. The third kappa shape index (κ3) is 2.23. The maximum Gasteiger partial charge on any atom is 0.242 e. The van der Waals surface area contributed by atoms with Crippen LogP contribution in [0.2, 0.25) is 0 Å². The van der Waals surface area contributed by atoms with E-state index in [4.69, 9.17) is 5.73 Å². The lowest BCUT2D eigenvalue weighted by molar-refractivity contribution is -0.138. The molecule has 4 nitrogen and oxygen atoms in total. The summed E-state index contributed by atoms with van der Waals surface area (Å²) >= 11 is 0. The molecule has 0 aromatic carbocycles. The molecule has 1 aliphatic carbocycles. The monoisotopic (exact) mass is 226 g/mol. The number of aliphatic hydroxyl groups is 1. The smallest absolute Gasteiger partial charge is 0.242 e. The molecular weight excluding hydrogens is 204 g/mol. The van der Waals surface area contributed by atoms with Gasteiger partial charge in [0.1, 0.15) is 0 Å². The summed E-state index contributed by atoms with van der Waals surface area (Å²) in [6.45, 7) is 3.28. The van der Waals surface area contributed by atoms with Crippen LogP contribution in [0.1, 0.15) is 39.0 Å². The number of likely N-dealkylation sites (tertiary alicyclic amines) is 1. The second-order valence-corrected chi connectivity index (χ2v) is 5.55. The molecule has 16 heavy (non-hydrogen) atoms. The van der Waals surface area contributed by atoms with Crippen molar-refractivity contribution in [1.82, 2.24) is 4.90 Å². The first-order chi connectivity index (χ1) is 7.51. The van der Waals surface area contributed by atoms with Gasteiger partial charge in [-0.1, -0.05) is 19.8 Å². The Hall–Kier alpha value is -0.610. The zero-order valence-electron chi connectivity index (χ0n) is 9.98. The quantitative estimate of drug-likeness (QED) is 0.683. The molecule has 92 valence electrons. The van der Waals surface area contributed by atoms with E-state index in [-0.39, 0.29) is 12.0 Å². The number of aliphatic hydroxyl groups excluding tert-OH is 1. The SMILES string of the molecule is CC1CCCC(N)(C(=O)N2CC[C@@H](O)C2)C1. The lowest BCUT2D eigenvalue weighted by Gasteiger charge is -2.38. The maximum atomic E-state index is 12.3. The van der Waals surface area contributed by atoms with Crippen LogP contribution < -0.4 is 5.73 Å². The topological polar surface area (TPSA) is 66.6 Å². The minimum atomic E-state index is -0.665. The Balaban J connectivity index is 2.02. The number of β-amino-alcohol motifs (C(OH)–C–C–N with tert-alkyl or cyclic N) is 1. The van der Waals surface area contributed by atoms with Crippen molar-refractivity contribution < 1.29 is 9.90 Å². The summed E-state index contributed by atoms with van der Waals surface area (Å²) in [7, 11) is 0. The van der Waals surface area contributed by atoms with Gasteiger partial charge in [-0.15, -0.1) is 0 Å². The molecule has 4 heteroatoms. The number of nitrogens with zero attached hydrogens (tertiary/aromatic N) is 1. The van der Waals surface area contributed by atoms with Crippen molar-refractivity contribution in [3.05, 3.63) is 0 Å². The fraction of sp³-hybridized carbons (Fsp3) is 0.917. The highest BCUT2D eigenvalue weighted by Gasteiger charge is 2.42. The molecule has 1 aliphatic heterocycles. The Labute approximate surface area is 96.8 Å². The molecule has 0 aromatic rings.